The molecule has 6 aromatic carbocycles. The van der Waals surface area contributed by atoms with E-state index >= 15 is 0 Å². The molecule has 72 heavy (non-hydrogen) atoms. The Morgan fingerprint density at radius 3 is 1.83 bits per heavy atom. The third kappa shape index (κ3) is 7.06. The summed E-state index contributed by atoms with van der Waals surface area (Å²) in [5.74, 6) is 2.02. The second-order valence-electron chi connectivity index (χ2n) is 24.2. The van der Waals surface area contributed by atoms with Crippen molar-refractivity contribution < 1.29 is 25.8 Å². The minimum Gasteiger partial charge on any atom is -0.509 e. The number of fused-ring (bicyclic) bond motifs is 12. The zero-order valence-corrected chi connectivity index (χ0v) is 46.0. The molecule has 2 aliphatic heterocycles. The molecule has 366 valence electrons. The van der Waals surface area contributed by atoms with E-state index < -0.39 is 5.41 Å². The summed E-state index contributed by atoms with van der Waals surface area (Å²) in [5, 5.41) is 2.18. The summed E-state index contributed by atoms with van der Waals surface area (Å²) in [6.07, 6.45) is 5.51. The van der Waals surface area contributed by atoms with Gasteiger partial charge in [0.2, 0.25) is 0 Å². The number of benzene rings is 6. The minimum atomic E-state index is -0.704. The molecule has 3 aliphatic rings. The first-order valence-electron chi connectivity index (χ1n) is 25.1. The number of para-hydroxylation sites is 2. The second-order valence-corrected chi connectivity index (χ2v) is 24.2. The normalized spacial score (nSPS) is 14.6. The van der Waals surface area contributed by atoms with E-state index in [1.807, 2.05) is 48.9 Å². The topological polar surface area (TPSA) is 46.4 Å². The SMILES string of the molecule is CN1[CH-]N2c3[c-]c(Oc4[c-]c5c(cc4-c4ccncc4)c4ccccc4n5-c4ccccn4)ccc3C3(c4cccc1c42)c1c(cc(C(C)(C)C)cc1C(C)(C)C)-c1cc(C(C)(C)C)cc(C(C)(C)C)c13.[Pt]. The van der Waals surface area contributed by atoms with Gasteiger partial charge in [-0.3, -0.25) is 4.98 Å². The average Bonchev–Trinajstić information content (AvgIpc) is 3.95. The maximum Gasteiger partial charge on any atom is 0.135 e. The predicted molar refractivity (Wildman–Crippen MR) is 293 cm³/mol. The fourth-order valence-electron chi connectivity index (χ4n) is 11.8. The van der Waals surface area contributed by atoms with E-state index in [1.54, 1.807) is 0 Å². The number of pyridine rings is 2. The van der Waals surface area contributed by atoms with Crippen molar-refractivity contribution in [1.29, 1.82) is 0 Å². The number of rotatable bonds is 4. The van der Waals surface area contributed by atoms with Gasteiger partial charge in [-0.25, -0.2) is 4.98 Å². The quantitative estimate of drug-likeness (QED) is 0.164. The molecule has 0 saturated heterocycles. The van der Waals surface area contributed by atoms with Crippen LogP contribution in [0.15, 0.2) is 134 Å². The first-order valence-corrected chi connectivity index (χ1v) is 25.1. The van der Waals surface area contributed by atoms with Gasteiger partial charge in [-0.05, 0) is 121 Å². The molecule has 7 heteroatoms. The largest absolute Gasteiger partial charge is 0.509 e. The zero-order valence-electron chi connectivity index (χ0n) is 43.7. The van der Waals surface area contributed by atoms with E-state index in [-0.39, 0.29) is 42.7 Å². The van der Waals surface area contributed by atoms with E-state index in [4.69, 9.17) is 9.72 Å². The van der Waals surface area contributed by atoms with Crippen LogP contribution in [-0.2, 0) is 48.1 Å². The number of nitrogens with zero attached hydrogens (tertiary/aromatic N) is 5. The molecule has 9 aromatic rings. The first-order chi connectivity index (χ1) is 33.7. The number of hydrogen-bond donors (Lipinski definition) is 0. The molecule has 0 unspecified atom stereocenters. The molecule has 5 heterocycles. The molecule has 0 fully saturated rings. The van der Waals surface area contributed by atoms with Crippen LogP contribution in [0.5, 0.6) is 11.5 Å². The molecule has 6 nitrogen and oxygen atoms in total. The van der Waals surface area contributed by atoms with E-state index in [1.165, 1.54) is 61.3 Å². The maximum atomic E-state index is 7.28. The summed E-state index contributed by atoms with van der Waals surface area (Å²) in [5.41, 5.74) is 19.2. The van der Waals surface area contributed by atoms with Gasteiger partial charge in [0.05, 0.1) is 0 Å². The van der Waals surface area contributed by atoms with E-state index in [0.717, 1.165) is 50.1 Å². The van der Waals surface area contributed by atoms with Gasteiger partial charge in [-0.2, -0.15) is 18.8 Å². The summed E-state index contributed by atoms with van der Waals surface area (Å²) in [4.78, 5) is 13.9. The van der Waals surface area contributed by atoms with Crippen LogP contribution in [0.2, 0.25) is 0 Å². The zero-order chi connectivity index (χ0) is 49.7. The van der Waals surface area contributed by atoms with Crippen LogP contribution in [-0.4, -0.2) is 21.6 Å². The fraction of sp³-hybridized carbons (Fsp3) is 0.277. The Kier molecular flexibility index (Phi) is 10.8. The van der Waals surface area contributed by atoms with E-state index in [2.05, 4.69) is 213 Å². The Hall–Kier alpha value is -6.49. The van der Waals surface area contributed by atoms with Gasteiger partial charge < -0.3 is 19.1 Å². The number of aromatic nitrogens is 3. The third-order valence-electron chi connectivity index (χ3n) is 15.3. The Morgan fingerprint density at radius 1 is 0.583 bits per heavy atom. The fourth-order valence-corrected chi connectivity index (χ4v) is 11.8. The monoisotopic (exact) mass is 1120 g/mol. The van der Waals surface area contributed by atoms with E-state index in [0.29, 0.717) is 11.5 Å². The van der Waals surface area contributed by atoms with E-state index in [9.17, 15) is 0 Å². The Labute approximate surface area is 440 Å². The molecule has 1 spiro atoms. The Balaban J connectivity index is 0.00000560. The molecule has 0 atom stereocenters. The van der Waals surface area contributed by atoms with Gasteiger partial charge in [-0.1, -0.05) is 166 Å². The molecule has 0 radical (unpaired) electrons. The summed E-state index contributed by atoms with van der Waals surface area (Å²) in [6.45, 7) is 30.7. The first kappa shape index (κ1) is 47.8. The van der Waals surface area contributed by atoms with Gasteiger partial charge in [0.1, 0.15) is 5.82 Å². The van der Waals surface area contributed by atoms with Crippen molar-refractivity contribution in [2.45, 2.75) is 110 Å². The standard InChI is InChI=1S/C65H62N5O.Pt/c1-61(2,3)40-31-46-47-32-41(62(4,5)6)34-51(64(10,11)12)59(47)65(58(46)50(33-40)63(7,8)9)48-25-24-42(35-55(48)69-38-68(13)53-22-18-20-49(65)60(53)69)71-56-37-54-45(36-44(56)39-26-29-66-30-27-39)43-19-14-15-21-52(43)70(54)57-23-16-17-28-67-57;/h14-34,36,38H,1-13H3;/q-3;. The third-order valence-corrected chi connectivity index (χ3v) is 15.3. The second kappa shape index (κ2) is 16.3. The van der Waals surface area contributed by atoms with Gasteiger partial charge in [-0.15, -0.1) is 29.1 Å². The Morgan fingerprint density at radius 2 is 1.22 bits per heavy atom. The summed E-state index contributed by atoms with van der Waals surface area (Å²) >= 11 is 0. The molecule has 3 aromatic heterocycles. The summed E-state index contributed by atoms with van der Waals surface area (Å²) in [7, 11) is 2.16. The van der Waals surface area contributed by atoms with Crippen molar-refractivity contribution in [2.75, 3.05) is 16.8 Å². The molecule has 0 amide bonds. The van der Waals surface area contributed by atoms with Crippen LogP contribution >= 0.6 is 0 Å². The van der Waals surface area contributed by atoms with Crippen LogP contribution in [0.3, 0.4) is 0 Å². The van der Waals surface area contributed by atoms with Crippen molar-refractivity contribution in [3.8, 4) is 39.6 Å². The molecular formula is C65H62N5OPt-3. The van der Waals surface area contributed by atoms with Crippen LogP contribution in [0.25, 0.3) is 49.9 Å². The number of ether oxygens (including phenoxy) is 1. The van der Waals surface area contributed by atoms with Crippen LogP contribution in [0.1, 0.15) is 128 Å². The van der Waals surface area contributed by atoms with Crippen molar-refractivity contribution in [2.24, 2.45) is 0 Å². The van der Waals surface area contributed by atoms with Crippen molar-refractivity contribution in [1.82, 2.24) is 14.5 Å². The van der Waals surface area contributed by atoms with Crippen molar-refractivity contribution in [3.05, 3.63) is 197 Å². The molecule has 0 N–H and O–H groups in total. The van der Waals surface area contributed by atoms with Gasteiger partial charge in [0, 0.05) is 73.5 Å². The van der Waals surface area contributed by atoms with Crippen molar-refractivity contribution in [3.63, 3.8) is 0 Å². The maximum absolute atomic E-state index is 7.28. The summed E-state index contributed by atoms with van der Waals surface area (Å²) < 4.78 is 9.47. The smallest absolute Gasteiger partial charge is 0.135 e. The van der Waals surface area contributed by atoms with Crippen LogP contribution in [0.4, 0.5) is 17.1 Å². The average molecular weight is 1120 g/mol. The van der Waals surface area contributed by atoms with Crippen LogP contribution in [0, 0.1) is 18.8 Å². The molecule has 12 rings (SSSR count). The Bertz CT molecular complexity index is 3570. The van der Waals surface area contributed by atoms with Gasteiger partial charge >= 0.3 is 0 Å². The van der Waals surface area contributed by atoms with Crippen LogP contribution < -0.4 is 14.5 Å². The number of hydrogen-bond acceptors (Lipinski definition) is 5. The predicted octanol–water partition coefficient (Wildman–Crippen LogP) is 16.2. The molecule has 1 aliphatic carbocycles. The van der Waals surface area contributed by atoms with Crippen molar-refractivity contribution >= 4 is 38.9 Å². The molecular weight excluding hydrogens is 1060 g/mol. The number of anilines is 3. The minimum absolute atomic E-state index is 0. The molecule has 0 bridgehead atoms. The van der Waals surface area contributed by atoms with Gasteiger partial charge in [0.25, 0.3) is 0 Å². The van der Waals surface area contributed by atoms with Gasteiger partial charge in [0.15, 0.2) is 0 Å². The summed E-state index contributed by atoms with van der Waals surface area (Å²) in [6, 6.07) is 50.3. The molecule has 0 saturated carbocycles.